The van der Waals surface area contributed by atoms with E-state index in [-0.39, 0.29) is 6.61 Å². The quantitative estimate of drug-likeness (QED) is 0.755. The second-order valence-corrected chi connectivity index (χ2v) is 2.72. The lowest BCUT2D eigenvalue weighted by Gasteiger charge is -2.04. The molecule has 0 aliphatic rings. The summed E-state index contributed by atoms with van der Waals surface area (Å²) in [6.45, 7) is 2.66. The van der Waals surface area contributed by atoms with Gasteiger partial charge in [-0.1, -0.05) is 11.6 Å². The molecule has 1 aromatic rings. The molecule has 0 atom stereocenters. The van der Waals surface area contributed by atoms with Crippen LogP contribution >= 0.6 is 11.6 Å². The zero-order valence-corrected chi connectivity index (χ0v) is 7.60. The molecular formula is C8H11ClN2O. The molecule has 1 aromatic heterocycles. The Morgan fingerprint density at radius 3 is 2.92 bits per heavy atom. The van der Waals surface area contributed by atoms with Crippen LogP contribution in [0.4, 0.5) is 5.82 Å². The normalized spacial score (nSPS) is 9.92. The van der Waals surface area contributed by atoms with E-state index in [1.807, 2.05) is 6.92 Å². The number of nitrogens with zero attached hydrogens (tertiary/aromatic N) is 1. The molecule has 4 heteroatoms. The van der Waals surface area contributed by atoms with Gasteiger partial charge in [-0.05, 0) is 19.1 Å². The number of rotatable bonds is 3. The van der Waals surface area contributed by atoms with Gasteiger partial charge >= 0.3 is 0 Å². The van der Waals surface area contributed by atoms with Crippen LogP contribution in [-0.4, -0.2) is 16.6 Å². The Morgan fingerprint density at radius 2 is 2.33 bits per heavy atom. The van der Waals surface area contributed by atoms with Crippen LogP contribution in [0.5, 0.6) is 0 Å². The average molecular weight is 187 g/mol. The first-order chi connectivity index (χ1) is 5.77. The number of aliphatic hydroxyl groups excluding tert-OH is 1. The SMILES string of the molecule is CCNc1ccc(Cl)c(CO)n1. The number of nitrogens with one attached hydrogen (secondary N) is 1. The van der Waals surface area contributed by atoms with Gasteiger partial charge in [-0.25, -0.2) is 4.98 Å². The van der Waals surface area contributed by atoms with Crippen LogP contribution in [0.2, 0.25) is 5.02 Å². The second-order valence-electron chi connectivity index (χ2n) is 2.31. The third-order valence-corrected chi connectivity index (χ3v) is 1.77. The second kappa shape index (κ2) is 4.28. The summed E-state index contributed by atoms with van der Waals surface area (Å²) in [4.78, 5) is 4.09. The lowest BCUT2D eigenvalue weighted by atomic mass is 10.3. The third kappa shape index (κ3) is 2.09. The van der Waals surface area contributed by atoms with Crippen LogP contribution in [0.3, 0.4) is 0 Å². The molecule has 3 nitrogen and oxygen atoms in total. The minimum absolute atomic E-state index is 0.127. The molecule has 0 saturated heterocycles. The zero-order valence-electron chi connectivity index (χ0n) is 6.84. The molecule has 1 heterocycles. The van der Waals surface area contributed by atoms with Crippen molar-refractivity contribution in [1.29, 1.82) is 0 Å². The summed E-state index contributed by atoms with van der Waals surface area (Å²) in [7, 11) is 0. The zero-order chi connectivity index (χ0) is 8.97. The van der Waals surface area contributed by atoms with Crippen molar-refractivity contribution in [3.05, 3.63) is 22.8 Å². The van der Waals surface area contributed by atoms with E-state index >= 15 is 0 Å². The summed E-state index contributed by atoms with van der Waals surface area (Å²) in [6, 6.07) is 3.50. The van der Waals surface area contributed by atoms with Crippen LogP contribution in [0.1, 0.15) is 12.6 Å². The van der Waals surface area contributed by atoms with Gasteiger partial charge in [0, 0.05) is 6.54 Å². The standard InChI is InChI=1S/C8H11ClN2O/c1-2-10-8-4-3-6(9)7(5-12)11-8/h3-4,12H,2,5H2,1H3,(H,10,11). The van der Waals surface area contributed by atoms with Crippen LogP contribution in [-0.2, 0) is 6.61 Å². The highest BCUT2D eigenvalue weighted by Gasteiger charge is 2.00. The summed E-state index contributed by atoms with van der Waals surface area (Å²) in [6.07, 6.45) is 0. The molecule has 66 valence electrons. The fraction of sp³-hybridized carbons (Fsp3) is 0.375. The maximum atomic E-state index is 8.84. The first-order valence-corrected chi connectivity index (χ1v) is 4.16. The van der Waals surface area contributed by atoms with Crippen LogP contribution in [0, 0.1) is 0 Å². The maximum absolute atomic E-state index is 8.84. The number of anilines is 1. The van der Waals surface area contributed by atoms with Crippen molar-refractivity contribution in [3.63, 3.8) is 0 Å². The predicted molar refractivity (Wildman–Crippen MR) is 49.3 cm³/mol. The molecule has 0 bridgehead atoms. The van der Waals surface area contributed by atoms with Crippen molar-refractivity contribution in [2.75, 3.05) is 11.9 Å². The molecule has 1 rings (SSSR count). The van der Waals surface area contributed by atoms with E-state index < -0.39 is 0 Å². The molecule has 0 spiro atoms. The third-order valence-electron chi connectivity index (χ3n) is 1.43. The molecule has 0 saturated carbocycles. The van der Waals surface area contributed by atoms with E-state index in [1.54, 1.807) is 12.1 Å². The van der Waals surface area contributed by atoms with Gasteiger partial charge in [-0.2, -0.15) is 0 Å². The predicted octanol–water partition coefficient (Wildman–Crippen LogP) is 1.66. The van der Waals surface area contributed by atoms with E-state index in [1.165, 1.54) is 0 Å². The van der Waals surface area contributed by atoms with Crippen LogP contribution in [0.25, 0.3) is 0 Å². The molecule has 0 unspecified atom stereocenters. The molecule has 0 fully saturated rings. The molecule has 0 aromatic carbocycles. The minimum atomic E-state index is -0.127. The Labute approximate surface area is 76.4 Å². The smallest absolute Gasteiger partial charge is 0.126 e. The van der Waals surface area contributed by atoms with Crippen molar-refractivity contribution in [2.24, 2.45) is 0 Å². The van der Waals surface area contributed by atoms with Gasteiger partial charge < -0.3 is 10.4 Å². The Kier molecular flexibility index (Phi) is 3.31. The molecule has 0 aliphatic heterocycles. The van der Waals surface area contributed by atoms with Gasteiger partial charge in [0.05, 0.1) is 17.3 Å². The Balaban J connectivity index is 2.89. The topological polar surface area (TPSA) is 45.1 Å². The number of halogens is 1. The number of aliphatic hydroxyl groups is 1. The first-order valence-electron chi connectivity index (χ1n) is 3.78. The van der Waals surface area contributed by atoms with Crippen LogP contribution in [0.15, 0.2) is 12.1 Å². The average Bonchev–Trinajstić information content (AvgIpc) is 2.09. The van der Waals surface area contributed by atoms with Gasteiger partial charge in [0.1, 0.15) is 5.82 Å². The Morgan fingerprint density at radius 1 is 1.58 bits per heavy atom. The summed E-state index contributed by atoms with van der Waals surface area (Å²) in [5.74, 6) is 0.742. The van der Waals surface area contributed by atoms with Gasteiger partial charge in [-0.3, -0.25) is 0 Å². The van der Waals surface area contributed by atoms with Gasteiger partial charge in [0.2, 0.25) is 0 Å². The van der Waals surface area contributed by atoms with Crippen molar-refractivity contribution in [2.45, 2.75) is 13.5 Å². The molecule has 2 N–H and O–H groups in total. The molecule has 0 radical (unpaired) electrons. The Bertz CT molecular complexity index is 265. The van der Waals surface area contributed by atoms with E-state index in [2.05, 4.69) is 10.3 Å². The lowest BCUT2D eigenvalue weighted by Crippen LogP contribution is -2.01. The molecule has 12 heavy (non-hydrogen) atoms. The number of pyridine rings is 1. The first kappa shape index (κ1) is 9.29. The van der Waals surface area contributed by atoms with E-state index in [0.717, 1.165) is 12.4 Å². The van der Waals surface area contributed by atoms with Gasteiger partial charge in [-0.15, -0.1) is 0 Å². The van der Waals surface area contributed by atoms with Crippen LogP contribution < -0.4 is 5.32 Å². The highest BCUT2D eigenvalue weighted by atomic mass is 35.5. The Hall–Kier alpha value is -0.800. The van der Waals surface area contributed by atoms with Crippen molar-refractivity contribution in [1.82, 2.24) is 4.98 Å². The van der Waals surface area contributed by atoms with E-state index in [9.17, 15) is 0 Å². The van der Waals surface area contributed by atoms with Gasteiger partial charge in [0.25, 0.3) is 0 Å². The van der Waals surface area contributed by atoms with E-state index in [4.69, 9.17) is 16.7 Å². The van der Waals surface area contributed by atoms with Crippen molar-refractivity contribution >= 4 is 17.4 Å². The number of hydrogen-bond donors (Lipinski definition) is 2. The monoisotopic (exact) mass is 186 g/mol. The molecular weight excluding hydrogens is 176 g/mol. The minimum Gasteiger partial charge on any atom is -0.390 e. The van der Waals surface area contributed by atoms with Crippen molar-refractivity contribution in [3.8, 4) is 0 Å². The summed E-state index contributed by atoms with van der Waals surface area (Å²) in [5, 5.41) is 12.4. The maximum Gasteiger partial charge on any atom is 0.126 e. The number of aromatic nitrogens is 1. The van der Waals surface area contributed by atoms with Crippen molar-refractivity contribution < 1.29 is 5.11 Å². The van der Waals surface area contributed by atoms with E-state index in [0.29, 0.717) is 10.7 Å². The highest BCUT2D eigenvalue weighted by molar-refractivity contribution is 6.31. The fourth-order valence-electron chi connectivity index (χ4n) is 0.875. The number of hydrogen-bond acceptors (Lipinski definition) is 3. The lowest BCUT2D eigenvalue weighted by molar-refractivity contribution is 0.277. The molecule has 0 aliphatic carbocycles. The largest absolute Gasteiger partial charge is 0.390 e. The summed E-state index contributed by atoms with van der Waals surface area (Å²) in [5.41, 5.74) is 0.509. The summed E-state index contributed by atoms with van der Waals surface area (Å²) < 4.78 is 0. The summed E-state index contributed by atoms with van der Waals surface area (Å²) >= 11 is 5.75. The highest BCUT2D eigenvalue weighted by Crippen LogP contribution is 2.16. The fourth-order valence-corrected chi connectivity index (χ4v) is 1.04. The molecule has 0 amide bonds. The van der Waals surface area contributed by atoms with Gasteiger partial charge in [0.15, 0.2) is 0 Å².